The van der Waals surface area contributed by atoms with Gasteiger partial charge >= 0.3 is 0 Å². The molecular formula is C13H15BrClN3S. The van der Waals surface area contributed by atoms with Crippen molar-refractivity contribution in [2.24, 2.45) is 0 Å². The predicted molar refractivity (Wildman–Crippen MR) is 85.1 cm³/mol. The summed E-state index contributed by atoms with van der Waals surface area (Å²) in [7, 11) is 0. The van der Waals surface area contributed by atoms with Crippen LogP contribution in [0.4, 0.5) is 5.82 Å². The van der Waals surface area contributed by atoms with Crippen LogP contribution < -0.4 is 5.32 Å². The maximum Gasteiger partial charge on any atom is 0.137 e. The van der Waals surface area contributed by atoms with E-state index in [4.69, 9.17) is 11.6 Å². The first-order valence-electron chi connectivity index (χ1n) is 5.86. The zero-order valence-electron chi connectivity index (χ0n) is 11.0. The normalized spacial score (nSPS) is 11.6. The van der Waals surface area contributed by atoms with Gasteiger partial charge in [0, 0.05) is 26.2 Å². The molecular weight excluding hydrogens is 346 g/mol. The van der Waals surface area contributed by atoms with E-state index in [0.29, 0.717) is 5.15 Å². The zero-order valence-corrected chi connectivity index (χ0v) is 14.2. The van der Waals surface area contributed by atoms with Crippen molar-refractivity contribution in [3.63, 3.8) is 0 Å². The Kier molecular flexibility index (Phi) is 4.48. The molecule has 19 heavy (non-hydrogen) atoms. The monoisotopic (exact) mass is 359 g/mol. The summed E-state index contributed by atoms with van der Waals surface area (Å²) >= 11 is 11.2. The number of halogens is 2. The zero-order chi connectivity index (χ0) is 14.0. The molecule has 2 rings (SSSR count). The smallest absolute Gasteiger partial charge is 0.137 e. The van der Waals surface area contributed by atoms with Gasteiger partial charge < -0.3 is 5.32 Å². The van der Waals surface area contributed by atoms with Crippen molar-refractivity contribution in [1.29, 1.82) is 0 Å². The Morgan fingerprint density at radius 1 is 1.32 bits per heavy atom. The van der Waals surface area contributed by atoms with E-state index in [2.05, 4.69) is 63.4 Å². The summed E-state index contributed by atoms with van der Waals surface area (Å²) in [5, 5.41) is 5.81. The molecule has 2 heterocycles. The molecule has 0 aromatic carbocycles. The van der Waals surface area contributed by atoms with E-state index in [1.165, 1.54) is 4.88 Å². The Morgan fingerprint density at radius 2 is 2.05 bits per heavy atom. The standard InChI is InChI=1S/C13H15BrClN3S/c1-13(2,3)12-17-10(15)5-11(18-12)16-6-9-4-8(14)7-19-9/h4-5,7H,6H2,1-3H3,(H,16,17,18). The molecule has 0 fully saturated rings. The second-order valence-electron chi connectivity index (χ2n) is 5.23. The Balaban J connectivity index is 2.14. The fourth-order valence-electron chi connectivity index (χ4n) is 1.47. The maximum atomic E-state index is 6.05. The number of rotatable bonds is 3. The lowest BCUT2D eigenvalue weighted by Gasteiger charge is -2.17. The molecule has 0 amide bonds. The molecule has 0 spiro atoms. The average molecular weight is 361 g/mol. The van der Waals surface area contributed by atoms with Gasteiger partial charge in [-0.15, -0.1) is 11.3 Å². The SMILES string of the molecule is CC(C)(C)c1nc(Cl)cc(NCc2cc(Br)cs2)n1. The van der Waals surface area contributed by atoms with E-state index in [1.54, 1.807) is 17.4 Å². The van der Waals surface area contributed by atoms with Crippen LogP contribution in [0.1, 0.15) is 31.5 Å². The molecule has 102 valence electrons. The van der Waals surface area contributed by atoms with E-state index < -0.39 is 0 Å². The van der Waals surface area contributed by atoms with Crippen LogP contribution in [0.5, 0.6) is 0 Å². The summed E-state index contributed by atoms with van der Waals surface area (Å²) in [4.78, 5) is 10.0. The molecule has 0 radical (unpaired) electrons. The second kappa shape index (κ2) is 5.77. The van der Waals surface area contributed by atoms with Crippen LogP contribution in [0, 0.1) is 0 Å². The quantitative estimate of drug-likeness (QED) is 0.794. The summed E-state index contributed by atoms with van der Waals surface area (Å²) in [6, 6.07) is 3.84. The lowest BCUT2D eigenvalue weighted by Crippen LogP contribution is -2.17. The van der Waals surface area contributed by atoms with Gasteiger partial charge in [0.15, 0.2) is 0 Å². The van der Waals surface area contributed by atoms with E-state index in [-0.39, 0.29) is 5.41 Å². The molecule has 0 atom stereocenters. The van der Waals surface area contributed by atoms with Crippen molar-refractivity contribution in [1.82, 2.24) is 9.97 Å². The number of anilines is 1. The van der Waals surface area contributed by atoms with Crippen molar-refractivity contribution in [2.45, 2.75) is 32.7 Å². The molecule has 0 saturated carbocycles. The highest BCUT2D eigenvalue weighted by Crippen LogP contribution is 2.24. The minimum atomic E-state index is -0.118. The van der Waals surface area contributed by atoms with Gasteiger partial charge in [-0.25, -0.2) is 9.97 Å². The summed E-state index contributed by atoms with van der Waals surface area (Å²) in [6.07, 6.45) is 0. The van der Waals surface area contributed by atoms with Crippen molar-refractivity contribution in [2.75, 3.05) is 5.32 Å². The van der Waals surface area contributed by atoms with Gasteiger partial charge in [0.1, 0.15) is 16.8 Å². The van der Waals surface area contributed by atoms with Gasteiger partial charge in [-0.1, -0.05) is 32.4 Å². The Bertz CT molecular complexity index is 578. The summed E-state index contributed by atoms with van der Waals surface area (Å²) in [5.74, 6) is 1.50. The first kappa shape index (κ1) is 14.8. The van der Waals surface area contributed by atoms with Crippen LogP contribution in [-0.2, 0) is 12.0 Å². The van der Waals surface area contributed by atoms with Gasteiger partial charge in [0.25, 0.3) is 0 Å². The maximum absolute atomic E-state index is 6.05. The Hall–Kier alpha value is -0.650. The summed E-state index contributed by atoms with van der Waals surface area (Å²) in [5.41, 5.74) is -0.118. The molecule has 2 aromatic rings. The van der Waals surface area contributed by atoms with Crippen LogP contribution in [-0.4, -0.2) is 9.97 Å². The average Bonchev–Trinajstić information content (AvgIpc) is 2.71. The van der Waals surface area contributed by atoms with E-state index in [0.717, 1.165) is 22.7 Å². The number of nitrogens with zero attached hydrogens (tertiary/aromatic N) is 2. The van der Waals surface area contributed by atoms with E-state index >= 15 is 0 Å². The highest BCUT2D eigenvalue weighted by Gasteiger charge is 2.18. The molecule has 0 aliphatic rings. The minimum absolute atomic E-state index is 0.118. The number of hydrogen-bond donors (Lipinski definition) is 1. The van der Waals surface area contributed by atoms with Gasteiger partial charge in [0.05, 0.1) is 6.54 Å². The minimum Gasteiger partial charge on any atom is -0.365 e. The molecule has 0 bridgehead atoms. The van der Waals surface area contributed by atoms with E-state index in [1.807, 2.05) is 0 Å². The molecule has 6 heteroatoms. The summed E-state index contributed by atoms with van der Waals surface area (Å²) in [6.45, 7) is 6.93. The second-order valence-corrected chi connectivity index (χ2v) is 7.53. The fourth-order valence-corrected chi connectivity index (χ4v) is 3.04. The lowest BCUT2D eigenvalue weighted by atomic mass is 9.96. The molecule has 3 nitrogen and oxygen atoms in total. The van der Waals surface area contributed by atoms with Gasteiger partial charge in [0.2, 0.25) is 0 Å². The first-order chi connectivity index (χ1) is 8.84. The Labute approximate surface area is 130 Å². The van der Waals surface area contributed by atoms with Crippen molar-refractivity contribution in [3.05, 3.63) is 37.8 Å². The fraction of sp³-hybridized carbons (Fsp3) is 0.385. The predicted octanol–water partition coefficient (Wildman–Crippen LogP) is 4.86. The third-order valence-corrected chi connectivity index (χ3v) is 4.32. The van der Waals surface area contributed by atoms with Gasteiger partial charge in [-0.2, -0.15) is 0 Å². The van der Waals surface area contributed by atoms with Gasteiger partial charge in [-0.05, 0) is 22.0 Å². The molecule has 0 aliphatic carbocycles. The Morgan fingerprint density at radius 3 is 2.63 bits per heavy atom. The first-order valence-corrected chi connectivity index (χ1v) is 7.91. The van der Waals surface area contributed by atoms with E-state index in [9.17, 15) is 0 Å². The van der Waals surface area contributed by atoms with Gasteiger partial charge in [-0.3, -0.25) is 0 Å². The van der Waals surface area contributed by atoms with Crippen molar-refractivity contribution < 1.29 is 0 Å². The number of aromatic nitrogens is 2. The molecule has 0 aliphatic heterocycles. The highest BCUT2D eigenvalue weighted by atomic mass is 79.9. The highest BCUT2D eigenvalue weighted by molar-refractivity contribution is 9.10. The number of thiophene rings is 1. The molecule has 0 saturated heterocycles. The lowest BCUT2D eigenvalue weighted by molar-refractivity contribution is 0.546. The third kappa shape index (κ3) is 4.16. The van der Waals surface area contributed by atoms with Crippen LogP contribution in [0.15, 0.2) is 22.0 Å². The molecule has 2 aromatic heterocycles. The summed E-state index contributed by atoms with van der Waals surface area (Å²) < 4.78 is 1.10. The largest absolute Gasteiger partial charge is 0.365 e. The van der Waals surface area contributed by atoms with Crippen molar-refractivity contribution >= 4 is 44.7 Å². The number of nitrogens with one attached hydrogen (secondary N) is 1. The van der Waals surface area contributed by atoms with Crippen LogP contribution in [0.2, 0.25) is 5.15 Å². The topological polar surface area (TPSA) is 37.8 Å². The van der Waals surface area contributed by atoms with Crippen LogP contribution in [0.3, 0.4) is 0 Å². The van der Waals surface area contributed by atoms with Crippen LogP contribution >= 0.6 is 38.9 Å². The molecule has 1 N–H and O–H groups in total. The molecule has 0 unspecified atom stereocenters. The third-order valence-electron chi connectivity index (χ3n) is 2.43. The van der Waals surface area contributed by atoms with Crippen molar-refractivity contribution in [3.8, 4) is 0 Å². The number of hydrogen-bond acceptors (Lipinski definition) is 4. The van der Waals surface area contributed by atoms with Crippen LogP contribution in [0.25, 0.3) is 0 Å².